The average Bonchev–Trinajstić information content (AvgIpc) is 2.50. The molecule has 1 aliphatic rings. The maximum Gasteiger partial charge on any atom is 0.345 e. The lowest BCUT2D eigenvalue weighted by atomic mass is 10.3. The number of ether oxygens (including phenoxy) is 1. The molecule has 0 radical (unpaired) electrons. The first-order chi connectivity index (χ1) is 6.13. The molecular weight excluding hydrogens is 178 g/mol. The fourth-order valence-corrected chi connectivity index (χ4v) is 1.44. The van der Waals surface area contributed by atoms with Crippen molar-refractivity contribution >= 4 is 0 Å². The summed E-state index contributed by atoms with van der Waals surface area (Å²) in [6.07, 6.45) is 0.159. The van der Waals surface area contributed by atoms with Gasteiger partial charge in [-0.25, -0.2) is 0 Å². The van der Waals surface area contributed by atoms with Crippen molar-refractivity contribution in [2.75, 3.05) is 13.1 Å². The maximum absolute atomic E-state index is 11.8. The lowest BCUT2D eigenvalue weighted by molar-refractivity contribution is -0.158. The average molecular weight is 190 g/mol. The molecule has 1 saturated heterocycles. The van der Waals surface area contributed by atoms with E-state index in [0.717, 1.165) is 0 Å². The summed E-state index contributed by atoms with van der Waals surface area (Å²) >= 11 is 0. The maximum atomic E-state index is 11.8. The first-order valence-electron chi connectivity index (χ1n) is 4.20. The van der Waals surface area contributed by atoms with Gasteiger partial charge in [0.2, 0.25) is 0 Å². The second-order valence-corrected chi connectivity index (χ2v) is 3.11. The van der Waals surface area contributed by atoms with Gasteiger partial charge in [-0.3, -0.25) is 4.90 Å². The monoisotopic (exact) mass is 190 g/mol. The minimum Gasteiger partial charge on any atom is -0.318 e. The number of nitriles is 1. The molecule has 13 heavy (non-hydrogen) atoms. The number of halogens is 2. The van der Waals surface area contributed by atoms with Crippen molar-refractivity contribution in [2.45, 2.75) is 32.1 Å². The molecule has 0 aliphatic carbocycles. The summed E-state index contributed by atoms with van der Waals surface area (Å²) in [5.41, 5.74) is 0. The molecule has 0 spiro atoms. The highest BCUT2D eigenvalue weighted by Gasteiger charge is 2.28. The summed E-state index contributed by atoms with van der Waals surface area (Å²) in [6.45, 7) is 0.137. The minimum atomic E-state index is -2.71. The molecule has 0 amide bonds. The summed E-state index contributed by atoms with van der Waals surface area (Å²) in [5, 5.41) is 8.58. The predicted molar refractivity (Wildman–Crippen MR) is 42.1 cm³/mol. The van der Waals surface area contributed by atoms with Crippen LogP contribution in [0.4, 0.5) is 8.78 Å². The van der Waals surface area contributed by atoms with Crippen LogP contribution < -0.4 is 0 Å². The molecule has 3 nitrogen and oxygen atoms in total. The Morgan fingerprint density at radius 1 is 1.62 bits per heavy atom. The Balaban J connectivity index is 2.33. The van der Waals surface area contributed by atoms with Crippen LogP contribution >= 0.6 is 0 Å². The smallest absolute Gasteiger partial charge is 0.318 e. The third-order valence-corrected chi connectivity index (χ3v) is 2.21. The van der Waals surface area contributed by atoms with Crippen LogP contribution in [0.3, 0.4) is 0 Å². The van der Waals surface area contributed by atoms with E-state index >= 15 is 0 Å². The number of hydrogen-bond acceptors (Lipinski definition) is 3. The number of nitrogens with zero attached hydrogens (tertiary/aromatic N) is 2. The first kappa shape index (κ1) is 10.4. The fraction of sp³-hybridized carbons (Fsp3) is 0.875. The minimum absolute atomic E-state index is 0.216. The van der Waals surface area contributed by atoms with Crippen LogP contribution in [-0.4, -0.2) is 36.7 Å². The third-order valence-electron chi connectivity index (χ3n) is 2.21. The zero-order chi connectivity index (χ0) is 9.84. The van der Waals surface area contributed by atoms with Crippen molar-refractivity contribution in [1.82, 2.24) is 4.90 Å². The molecule has 0 aromatic carbocycles. The molecule has 1 fully saturated rings. The van der Waals surface area contributed by atoms with Gasteiger partial charge in [0.15, 0.2) is 0 Å². The molecule has 2 atom stereocenters. The number of hydrogen-bond donors (Lipinski definition) is 0. The Bertz CT molecular complexity index is 205. The van der Waals surface area contributed by atoms with E-state index in [1.807, 2.05) is 4.90 Å². The number of alkyl halides is 2. The standard InChI is InChI=1S/C8H12F2N2O/c1-6(4-11)12-3-2-7(5-12)13-8(9)10/h6-8H,2-3,5H2,1H3. The highest BCUT2D eigenvalue weighted by molar-refractivity contribution is 4.92. The van der Waals surface area contributed by atoms with Crippen LogP contribution in [0.5, 0.6) is 0 Å². The van der Waals surface area contributed by atoms with Crippen LogP contribution in [0, 0.1) is 11.3 Å². The number of likely N-dealkylation sites (tertiary alicyclic amines) is 1. The van der Waals surface area contributed by atoms with Crippen molar-refractivity contribution in [2.24, 2.45) is 0 Å². The van der Waals surface area contributed by atoms with Gasteiger partial charge in [-0.15, -0.1) is 0 Å². The molecule has 0 aromatic rings. The van der Waals surface area contributed by atoms with Gasteiger partial charge in [0.1, 0.15) is 0 Å². The van der Waals surface area contributed by atoms with Crippen molar-refractivity contribution < 1.29 is 13.5 Å². The predicted octanol–water partition coefficient (Wildman–Crippen LogP) is 1.21. The van der Waals surface area contributed by atoms with E-state index in [2.05, 4.69) is 10.8 Å². The van der Waals surface area contributed by atoms with Gasteiger partial charge in [-0.1, -0.05) is 0 Å². The second kappa shape index (κ2) is 4.49. The van der Waals surface area contributed by atoms with Crippen LogP contribution in [-0.2, 0) is 4.74 Å². The molecule has 0 saturated carbocycles. The number of rotatable bonds is 3. The van der Waals surface area contributed by atoms with Gasteiger partial charge >= 0.3 is 6.61 Å². The van der Waals surface area contributed by atoms with Crippen molar-refractivity contribution in [3.8, 4) is 6.07 Å². The SMILES string of the molecule is CC(C#N)N1CCC(OC(F)F)C1. The van der Waals surface area contributed by atoms with E-state index in [9.17, 15) is 8.78 Å². The van der Waals surface area contributed by atoms with E-state index in [-0.39, 0.29) is 6.04 Å². The summed E-state index contributed by atoms with van der Waals surface area (Å²) in [5.74, 6) is 0. The van der Waals surface area contributed by atoms with E-state index in [0.29, 0.717) is 19.5 Å². The molecule has 1 rings (SSSR count). The highest BCUT2D eigenvalue weighted by atomic mass is 19.3. The topological polar surface area (TPSA) is 36.3 Å². The normalized spacial score (nSPS) is 26.2. The summed E-state index contributed by atoms with van der Waals surface area (Å²) in [6, 6.07) is 1.85. The third kappa shape index (κ3) is 2.90. The lowest BCUT2D eigenvalue weighted by Gasteiger charge is -2.17. The van der Waals surface area contributed by atoms with Crippen molar-refractivity contribution in [1.29, 1.82) is 5.26 Å². The van der Waals surface area contributed by atoms with Crippen LogP contribution in [0.15, 0.2) is 0 Å². The highest BCUT2D eigenvalue weighted by Crippen LogP contribution is 2.17. The van der Waals surface area contributed by atoms with Crippen LogP contribution in [0.2, 0.25) is 0 Å². The van der Waals surface area contributed by atoms with E-state index < -0.39 is 12.7 Å². The molecule has 0 bridgehead atoms. The lowest BCUT2D eigenvalue weighted by Crippen LogP contribution is -2.31. The molecule has 0 aromatic heterocycles. The van der Waals surface area contributed by atoms with E-state index in [4.69, 9.17) is 5.26 Å². The zero-order valence-corrected chi connectivity index (χ0v) is 7.41. The Labute approximate surface area is 75.9 Å². The second-order valence-electron chi connectivity index (χ2n) is 3.11. The van der Waals surface area contributed by atoms with Gasteiger partial charge in [-0.2, -0.15) is 14.0 Å². The first-order valence-corrected chi connectivity index (χ1v) is 4.20. The largest absolute Gasteiger partial charge is 0.345 e. The van der Waals surface area contributed by atoms with E-state index in [1.54, 1.807) is 6.92 Å². The van der Waals surface area contributed by atoms with Crippen LogP contribution in [0.25, 0.3) is 0 Å². The molecular formula is C8H12F2N2O. The van der Waals surface area contributed by atoms with Gasteiger partial charge in [-0.05, 0) is 13.3 Å². The molecule has 0 N–H and O–H groups in total. The van der Waals surface area contributed by atoms with Gasteiger partial charge in [0.05, 0.1) is 18.2 Å². The fourth-order valence-electron chi connectivity index (χ4n) is 1.44. The summed E-state index contributed by atoms with van der Waals surface area (Å²) in [7, 11) is 0. The van der Waals surface area contributed by atoms with E-state index in [1.165, 1.54) is 0 Å². The quantitative estimate of drug-likeness (QED) is 0.671. The Morgan fingerprint density at radius 3 is 2.85 bits per heavy atom. The molecule has 5 heteroatoms. The summed E-state index contributed by atoms with van der Waals surface area (Å²) in [4.78, 5) is 1.84. The Kier molecular flexibility index (Phi) is 3.58. The molecule has 1 heterocycles. The van der Waals surface area contributed by atoms with Crippen molar-refractivity contribution in [3.05, 3.63) is 0 Å². The van der Waals surface area contributed by atoms with Gasteiger partial charge < -0.3 is 4.74 Å². The van der Waals surface area contributed by atoms with Crippen LogP contribution in [0.1, 0.15) is 13.3 Å². The Hall–Kier alpha value is -0.730. The van der Waals surface area contributed by atoms with Crippen molar-refractivity contribution in [3.63, 3.8) is 0 Å². The Morgan fingerprint density at radius 2 is 2.31 bits per heavy atom. The molecule has 1 aliphatic heterocycles. The summed E-state index contributed by atoms with van der Waals surface area (Å²) < 4.78 is 27.9. The van der Waals surface area contributed by atoms with Gasteiger partial charge in [0, 0.05) is 13.1 Å². The molecule has 2 unspecified atom stereocenters. The van der Waals surface area contributed by atoms with Gasteiger partial charge in [0.25, 0.3) is 0 Å². The zero-order valence-electron chi connectivity index (χ0n) is 7.41. The molecule has 74 valence electrons.